The van der Waals surface area contributed by atoms with E-state index in [1.807, 2.05) is 0 Å². The van der Waals surface area contributed by atoms with Crippen molar-refractivity contribution in [3.05, 3.63) is 29.8 Å². The van der Waals surface area contributed by atoms with Crippen molar-refractivity contribution < 1.29 is 19.1 Å². The van der Waals surface area contributed by atoms with E-state index in [0.29, 0.717) is 17.9 Å². The smallest absolute Gasteiger partial charge is 0.338 e. The lowest BCUT2D eigenvalue weighted by Crippen LogP contribution is -2.28. The topological polar surface area (TPSA) is 90.7 Å². The van der Waals surface area contributed by atoms with Crippen molar-refractivity contribution in [2.45, 2.75) is 19.4 Å². The highest BCUT2D eigenvalue weighted by Gasteiger charge is 2.12. The number of nitrogens with two attached hydrogens (primary N) is 1. The quantitative estimate of drug-likeness (QED) is 0.745. The SMILES string of the molecule is CCOC(=O)c1ccc(NC(=O)CC(CN)OC)cc1.Cl. The van der Waals surface area contributed by atoms with Crippen molar-refractivity contribution in [1.82, 2.24) is 0 Å². The van der Waals surface area contributed by atoms with Crippen LogP contribution in [-0.2, 0) is 14.3 Å². The van der Waals surface area contributed by atoms with Gasteiger partial charge in [-0.3, -0.25) is 4.79 Å². The van der Waals surface area contributed by atoms with Gasteiger partial charge in [0.1, 0.15) is 0 Å². The fourth-order valence-corrected chi connectivity index (χ4v) is 1.59. The molecular weight excluding hydrogens is 296 g/mol. The van der Waals surface area contributed by atoms with Crippen LogP contribution >= 0.6 is 12.4 Å². The molecule has 0 spiro atoms. The van der Waals surface area contributed by atoms with Gasteiger partial charge < -0.3 is 20.5 Å². The van der Waals surface area contributed by atoms with Gasteiger partial charge in [-0.1, -0.05) is 0 Å². The van der Waals surface area contributed by atoms with E-state index in [2.05, 4.69) is 5.32 Å². The molecule has 0 aliphatic heterocycles. The number of benzene rings is 1. The first kappa shape index (κ1) is 19.4. The second-order valence-electron chi connectivity index (χ2n) is 4.14. The average molecular weight is 317 g/mol. The number of rotatable bonds is 7. The Labute approximate surface area is 130 Å². The Morgan fingerprint density at radius 2 is 1.90 bits per heavy atom. The van der Waals surface area contributed by atoms with Gasteiger partial charge in [0.25, 0.3) is 0 Å². The van der Waals surface area contributed by atoms with Gasteiger partial charge in [0.2, 0.25) is 5.91 Å². The summed E-state index contributed by atoms with van der Waals surface area (Å²) in [5, 5.41) is 2.71. The molecule has 0 aliphatic rings. The maximum absolute atomic E-state index is 11.7. The number of hydrogen-bond acceptors (Lipinski definition) is 5. The Balaban J connectivity index is 0.00000400. The van der Waals surface area contributed by atoms with Crippen molar-refractivity contribution in [2.24, 2.45) is 5.73 Å². The third-order valence-electron chi connectivity index (χ3n) is 2.69. The summed E-state index contributed by atoms with van der Waals surface area (Å²) in [4.78, 5) is 23.2. The molecule has 0 saturated carbocycles. The standard InChI is InChI=1S/C14H20N2O4.ClH/c1-3-20-14(18)10-4-6-11(7-5-10)16-13(17)8-12(9-15)19-2;/h4-7,12H,3,8-9,15H2,1-2H3,(H,16,17);1H. The molecule has 0 saturated heterocycles. The van der Waals surface area contributed by atoms with Crippen LogP contribution in [0.2, 0.25) is 0 Å². The van der Waals surface area contributed by atoms with Crippen LogP contribution < -0.4 is 11.1 Å². The van der Waals surface area contributed by atoms with Gasteiger partial charge in [-0.2, -0.15) is 0 Å². The normalized spacial score (nSPS) is 11.2. The van der Waals surface area contributed by atoms with Crippen molar-refractivity contribution in [1.29, 1.82) is 0 Å². The molecule has 0 fully saturated rings. The number of methoxy groups -OCH3 is 1. The third-order valence-corrected chi connectivity index (χ3v) is 2.69. The second-order valence-corrected chi connectivity index (χ2v) is 4.14. The average Bonchev–Trinajstić information content (AvgIpc) is 2.45. The first-order valence-corrected chi connectivity index (χ1v) is 6.40. The molecule has 3 N–H and O–H groups in total. The number of carbonyl (C=O) groups is 2. The molecule has 1 unspecified atom stereocenters. The number of anilines is 1. The zero-order chi connectivity index (χ0) is 15.0. The minimum absolute atomic E-state index is 0. The summed E-state index contributed by atoms with van der Waals surface area (Å²) in [7, 11) is 1.51. The van der Waals surface area contributed by atoms with Crippen molar-refractivity contribution in [2.75, 3.05) is 25.6 Å². The fraction of sp³-hybridized carbons (Fsp3) is 0.429. The molecule has 21 heavy (non-hydrogen) atoms. The highest BCUT2D eigenvalue weighted by molar-refractivity contribution is 5.93. The maximum Gasteiger partial charge on any atom is 0.338 e. The molecule has 0 aliphatic carbocycles. The summed E-state index contributed by atoms with van der Waals surface area (Å²) in [6, 6.07) is 6.50. The van der Waals surface area contributed by atoms with E-state index in [1.165, 1.54) is 7.11 Å². The molecule has 0 aromatic heterocycles. The highest BCUT2D eigenvalue weighted by Crippen LogP contribution is 2.11. The van der Waals surface area contributed by atoms with Crippen molar-refractivity contribution in [3.63, 3.8) is 0 Å². The number of esters is 1. The van der Waals surface area contributed by atoms with Crippen LogP contribution in [0, 0.1) is 0 Å². The molecule has 0 bridgehead atoms. The summed E-state index contributed by atoms with van der Waals surface area (Å²) in [5.41, 5.74) is 6.50. The predicted molar refractivity (Wildman–Crippen MR) is 82.7 cm³/mol. The van der Waals surface area contributed by atoms with Crippen LogP contribution in [0.15, 0.2) is 24.3 Å². The van der Waals surface area contributed by atoms with E-state index in [0.717, 1.165) is 0 Å². The largest absolute Gasteiger partial charge is 0.462 e. The molecule has 118 valence electrons. The summed E-state index contributed by atoms with van der Waals surface area (Å²) in [6.07, 6.45) is -0.110. The van der Waals surface area contributed by atoms with E-state index < -0.39 is 0 Å². The second kappa shape index (κ2) is 10.1. The summed E-state index contributed by atoms with van der Waals surface area (Å²) in [5.74, 6) is -0.570. The van der Waals surface area contributed by atoms with Gasteiger partial charge in [0, 0.05) is 19.3 Å². The minimum Gasteiger partial charge on any atom is -0.462 e. The van der Waals surface area contributed by atoms with Crippen LogP contribution in [0.3, 0.4) is 0 Å². The number of ether oxygens (including phenoxy) is 2. The first-order chi connectivity index (χ1) is 9.60. The van der Waals surface area contributed by atoms with Gasteiger partial charge in [-0.05, 0) is 31.2 Å². The van der Waals surface area contributed by atoms with Gasteiger partial charge in [0.05, 0.1) is 24.7 Å². The fourth-order valence-electron chi connectivity index (χ4n) is 1.59. The van der Waals surface area contributed by atoms with E-state index in [1.54, 1.807) is 31.2 Å². The molecule has 1 rings (SSSR count). The Hall–Kier alpha value is -1.63. The Morgan fingerprint density at radius 3 is 2.38 bits per heavy atom. The lowest BCUT2D eigenvalue weighted by molar-refractivity contribution is -0.118. The molecule has 1 aromatic rings. The molecule has 1 atom stereocenters. The number of carbonyl (C=O) groups excluding carboxylic acids is 2. The molecule has 7 heteroatoms. The Morgan fingerprint density at radius 1 is 1.29 bits per heavy atom. The van der Waals surface area contributed by atoms with E-state index in [4.69, 9.17) is 15.2 Å². The van der Waals surface area contributed by atoms with Gasteiger partial charge in [-0.25, -0.2) is 4.79 Å². The van der Waals surface area contributed by atoms with Gasteiger partial charge in [-0.15, -0.1) is 12.4 Å². The van der Waals surface area contributed by atoms with Crippen molar-refractivity contribution >= 4 is 30.0 Å². The van der Waals surface area contributed by atoms with Crippen molar-refractivity contribution in [3.8, 4) is 0 Å². The number of halogens is 1. The number of amides is 1. The molecule has 0 radical (unpaired) electrons. The first-order valence-electron chi connectivity index (χ1n) is 6.40. The lowest BCUT2D eigenvalue weighted by atomic mass is 10.2. The summed E-state index contributed by atoms with van der Waals surface area (Å²) in [6.45, 7) is 2.36. The molecule has 1 amide bonds. The van der Waals surface area contributed by atoms with Crippen LogP contribution in [0.25, 0.3) is 0 Å². The minimum atomic E-state index is -0.382. The summed E-state index contributed by atoms with van der Waals surface area (Å²) < 4.78 is 9.91. The van der Waals surface area contributed by atoms with E-state index in [9.17, 15) is 9.59 Å². The zero-order valence-electron chi connectivity index (χ0n) is 12.1. The van der Waals surface area contributed by atoms with Crippen LogP contribution in [0.4, 0.5) is 5.69 Å². The Kier molecular flexibility index (Phi) is 9.36. The number of nitrogens with one attached hydrogen (secondary N) is 1. The maximum atomic E-state index is 11.7. The molecule has 6 nitrogen and oxygen atoms in total. The van der Waals surface area contributed by atoms with Gasteiger partial charge >= 0.3 is 5.97 Å². The third kappa shape index (κ3) is 6.57. The van der Waals surface area contributed by atoms with Crippen LogP contribution in [0.1, 0.15) is 23.7 Å². The van der Waals surface area contributed by atoms with E-state index >= 15 is 0 Å². The highest BCUT2D eigenvalue weighted by atomic mass is 35.5. The van der Waals surface area contributed by atoms with Crippen LogP contribution in [0.5, 0.6) is 0 Å². The monoisotopic (exact) mass is 316 g/mol. The Bertz CT molecular complexity index is 447. The predicted octanol–water partition coefficient (Wildman–Crippen LogP) is 1.59. The lowest BCUT2D eigenvalue weighted by Gasteiger charge is -2.12. The van der Waals surface area contributed by atoms with Gasteiger partial charge in [0.15, 0.2) is 0 Å². The molecule has 1 aromatic carbocycles. The zero-order valence-corrected chi connectivity index (χ0v) is 12.9. The molecule has 0 heterocycles. The number of hydrogen-bond donors (Lipinski definition) is 2. The van der Waals surface area contributed by atoms with E-state index in [-0.39, 0.29) is 43.4 Å². The summed E-state index contributed by atoms with van der Waals surface area (Å²) >= 11 is 0. The van der Waals surface area contributed by atoms with Crippen LogP contribution in [-0.4, -0.2) is 38.2 Å². The molecular formula is C14H21ClN2O4.